The minimum absolute atomic E-state index is 0.0667. The minimum Gasteiger partial charge on any atom is -0.323 e. The van der Waals surface area contributed by atoms with E-state index >= 15 is 0 Å². The number of ketones is 1. The molecule has 26 heavy (non-hydrogen) atoms. The smallest absolute Gasteiger partial charge is 0.259 e. The van der Waals surface area contributed by atoms with Crippen molar-refractivity contribution in [2.75, 3.05) is 5.32 Å². The molecule has 0 aliphatic heterocycles. The summed E-state index contributed by atoms with van der Waals surface area (Å²) in [7, 11) is 1.69. The molecule has 0 unspecified atom stereocenters. The Hall–Kier alpha value is -2.99. The summed E-state index contributed by atoms with van der Waals surface area (Å²) in [6.45, 7) is 6.91. The predicted molar refractivity (Wildman–Crippen MR) is 106 cm³/mol. The SMILES string of the molecule is C=CC(=O)Nc1ccc(C)c(-c2cn(C)c(=O)c3cc(C(C)=O)sc23)c1. The van der Waals surface area contributed by atoms with Gasteiger partial charge in [0.1, 0.15) is 0 Å². The first-order chi connectivity index (χ1) is 12.3. The predicted octanol–water partition coefficient (Wildman–Crippen LogP) is 3.90. The highest BCUT2D eigenvalue weighted by molar-refractivity contribution is 7.21. The first kappa shape index (κ1) is 17.8. The fourth-order valence-electron chi connectivity index (χ4n) is 2.80. The number of thiophene rings is 1. The highest BCUT2D eigenvalue weighted by Crippen LogP contribution is 2.36. The Morgan fingerprint density at radius 3 is 2.62 bits per heavy atom. The Kier molecular flexibility index (Phi) is 4.61. The molecule has 2 heterocycles. The van der Waals surface area contributed by atoms with E-state index in [1.807, 2.05) is 25.1 Å². The van der Waals surface area contributed by atoms with E-state index < -0.39 is 0 Å². The molecular weight excluding hydrogens is 348 g/mol. The molecule has 0 bridgehead atoms. The van der Waals surface area contributed by atoms with Crippen molar-refractivity contribution in [1.82, 2.24) is 4.57 Å². The number of amides is 1. The van der Waals surface area contributed by atoms with Crippen molar-refractivity contribution >= 4 is 38.8 Å². The van der Waals surface area contributed by atoms with Gasteiger partial charge >= 0.3 is 0 Å². The zero-order valence-corrected chi connectivity index (χ0v) is 15.6. The number of benzene rings is 1. The van der Waals surface area contributed by atoms with Crippen LogP contribution in [0.15, 0.2) is 47.9 Å². The van der Waals surface area contributed by atoms with Crippen LogP contribution in [-0.2, 0) is 11.8 Å². The van der Waals surface area contributed by atoms with Gasteiger partial charge in [-0.3, -0.25) is 14.4 Å². The maximum Gasteiger partial charge on any atom is 0.259 e. The molecule has 5 nitrogen and oxygen atoms in total. The maximum absolute atomic E-state index is 12.5. The van der Waals surface area contributed by atoms with Crippen LogP contribution in [0, 0.1) is 6.92 Å². The summed E-state index contributed by atoms with van der Waals surface area (Å²) < 4.78 is 2.29. The van der Waals surface area contributed by atoms with E-state index in [1.165, 1.54) is 28.9 Å². The number of anilines is 1. The van der Waals surface area contributed by atoms with Crippen LogP contribution >= 0.6 is 11.3 Å². The lowest BCUT2D eigenvalue weighted by atomic mass is 10.00. The van der Waals surface area contributed by atoms with Crippen LogP contribution in [0.25, 0.3) is 21.2 Å². The number of fused-ring (bicyclic) bond motifs is 1. The lowest BCUT2D eigenvalue weighted by Gasteiger charge is -2.12. The number of nitrogens with one attached hydrogen (secondary N) is 1. The molecule has 0 saturated heterocycles. The first-order valence-electron chi connectivity index (χ1n) is 8.00. The number of carbonyl (C=O) groups is 2. The van der Waals surface area contributed by atoms with Gasteiger partial charge in [-0.1, -0.05) is 12.6 Å². The Labute approximate surface area is 154 Å². The molecule has 132 valence electrons. The summed E-state index contributed by atoms with van der Waals surface area (Å²) in [5, 5.41) is 3.28. The average Bonchev–Trinajstić information content (AvgIpc) is 3.06. The molecule has 0 fully saturated rings. The van der Waals surface area contributed by atoms with Crippen LogP contribution in [0.3, 0.4) is 0 Å². The van der Waals surface area contributed by atoms with Crippen LogP contribution < -0.4 is 10.9 Å². The molecule has 0 radical (unpaired) electrons. The van der Waals surface area contributed by atoms with Crippen molar-refractivity contribution in [3.63, 3.8) is 0 Å². The molecule has 2 aromatic heterocycles. The van der Waals surface area contributed by atoms with Gasteiger partial charge in [-0.2, -0.15) is 0 Å². The number of pyridine rings is 1. The second-order valence-corrected chi connectivity index (χ2v) is 7.14. The lowest BCUT2D eigenvalue weighted by molar-refractivity contribution is -0.111. The zero-order valence-electron chi connectivity index (χ0n) is 14.8. The van der Waals surface area contributed by atoms with Gasteiger partial charge in [0.05, 0.1) is 10.3 Å². The number of rotatable bonds is 4. The monoisotopic (exact) mass is 366 g/mol. The molecule has 0 spiro atoms. The fraction of sp³-hybridized carbons (Fsp3) is 0.150. The summed E-state index contributed by atoms with van der Waals surface area (Å²) in [4.78, 5) is 36.4. The number of hydrogen-bond acceptors (Lipinski definition) is 4. The van der Waals surface area contributed by atoms with Crippen molar-refractivity contribution in [2.24, 2.45) is 7.05 Å². The van der Waals surface area contributed by atoms with Gasteiger partial charge in [0.15, 0.2) is 5.78 Å². The maximum atomic E-state index is 12.5. The molecule has 3 aromatic rings. The van der Waals surface area contributed by atoms with E-state index in [-0.39, 0.29) is 17.2 Å². The zero-order chi connectivity index (χ0) is 19.0. The van der Waals surface area contributed by atoms with E-state index in [0.717, 1.165) is 21.4 Å². The van der Waals surface area contributed by atoms with Gasteiger partial charge in [-0.05, 0) is 49.2 Å². The molecule has 0 aliphatic rings. The van der Waals surface area contributed by atoms with Crippen molar-refractivity contribution in [3.8, 4) is 11.1 Å². The number of carbonyl (C=O) groups excluding carboxylic acids is 2. The minimum atomic E-state index is -0.291. The molecule has 1 aromatic carbocycles. The average molecular weight is 366 g/mol. The second kappa shape index (κ2) is 6.72. The second-order valence-electron chi connectivity index (χ2n) is 6.09. The highest BCUT2D eigenvalue weighted by Gasteiger charge is 2.16. The van der Waals surface area contributed by atoms with Crippen molar-refractivity contribution in [1.29, 1.82) is 0 Å². The highest BCUT2D eigenvalue weighted by atomic mass is 32.1. The van der Waals surface area contributed by atoms with Gasteiger partial charge in [0, 0.05) is 29.2 Å². The van der Waals surface area contributed by atoms with Gasteiger partial charge in [0.2, 0.25) is 5.91 Å². The third kappa shape index (κ3) is 3.11. The molecule has 0 atom stereocenters. The number of hydrogen-bond donors (Lipinski definition) is 1. The standard InChI is InChI=1S/C20H18N2O3S/c1-5-18(24)21-13-7-6-11(2)14(8-13)16-10-22(4)20(25)15-9-17(12(3)23)26-19(15)16/h5-10H,1H2,2-4H3,(H,21,24). The summed E-state index contributed by atoms with van der Waals surface area (Å²) >= 11 is 1.32. The van der Waals surface area contributed by atoms with Crippen LogP contribution in [0.2, 0.25) is 0 Å². The topological polar surface area (TPSA) is 68.2 Å². The van der Waals surface area contributed by atoms with E-state index in [0.29, 0.717) is 16.0 Å². The molecule has 6 heteroatoms. The van der Waals surface area contributed by atoms with Gasteiger partial charge in [-0.15, -0.1) is 11.3 Å². The van der Waals surface area contributed by atoms with E-state index in [1.54, 1.807) is 19.3 Å². The van der Waals surface area contributed by atoms with E-state index in [4.69, 9.17) is 0 Å². The molecule has 0 saturated carbocycles. The summed E-state index contributed by atoms with van der Waals surface area (Å²) in [6, 6.07) is 7.25. The van der Waals surface area contributed by atoms with Crippen molar-refractivity contribution < 1.29 is 9.59 Å². The number of aromatic nitrogens is 1. The molecule has 0 aliphatic carbocycles. The van der Waals surface area contributed by atoms with Gasteiger partial charge in [-0.25, -0.2) is 0 Å². The summed E-state index contributed by atoms with van der Waals surface area (Å²) in [5.74, 6) is -0.358. The normalized spacial score (nSPS) is 10.7. The number of nitrogens with zero attached hydrogens (tertiary/aromatic N) is 1. The Balaban J connectivity index is 2.28. The van der Waals surface area contributed by atoms with Crippen LogP contribution in [0.4, 0.5) is 5.69 Å². The van der Waals surface area contributed by atoms with Crippen LogP contribution in [-0.4, -0.2) is 16.3 Å². The summed E-state index contributed by atoms with van der Waals surface area (Å²) in [5.41, 5.74) is 3.25. The number of aryl methyl sites for hydroxylation is 2. The van der Waals surface area contributed by atoms with E-state index in [9.17, 15) is 14.4 Å². The Bertz CT molecular complexity index is 1120. The molecular formula is C20H18N2O3S. The molecule has 1 amide bonds. The summed E-state index contributed by atoms with van der Waals surface area (Å²) in [6.07, 6.45) is 2.98. The van der Waals surface area contributed by atoms with E-state index in [2.05, 4.69) is 11.9 Å². The largest absolute Gasteiger partial charge is 0.323 e. The third-order valence-corrected chi connectivity index (χ3v) is 5.45. The van der Waals surface area contributed by atoms with Crippen LogP contribution in [0.5, 0.6) is 0 Å². The molecule has 1 N–H and O–H groups in total. The third-order valence-electron chi connectivity index (χ3n) is 4.18. The lowest BCUT2D eigenvalue weighted by Crippen LogP contribution is -2.15. The molecule has 3 rings (SSSR count). The number of Topliss-reactive ketones (excluding diaryl/α,β-unsaturated/α-hetero) is 1. The van der Waals surface area contributed by atoms with Gasteiger partial charge in [0.25, 0.3) is 5.56 Å². The fourth-order valence-corrected chi connectivity index (χ4v) is 3.87. The van der Waals surface area contributed by atoms with Crippen molar-refractivity contribution in [2.45, 2.75) is 13.8 Å². The first-order valence-corrected chi connectivity index (χ1v) is 8.82. The van der Waals surface area contributed by atoms with Gasteiger partial charge < -0.3 is 9.88 Å². The quantitative estimate of drug-likeness (QED) is 0.562. The van der Waals surface area contributed by atoms with Crippen LogP contribution in [0.1, 0.15) is 22.2 Å². The Morgan fingerprint density at radius 1 is 1.23 bits per heavy atom. The van der Waals surface area contributed by atoms with Crippen molar-refractivity contribution in [3.05, 3.63) is 63.9 Å². The Morgan fingerprint density at radius 2 is 1.96 bits per heavy atom.